The fourth-order valence-electron chi connectivity index (χ4n) is 13.3. The highest BCUT2D eigenvalue weighted by Crippen LogP contribution is 2.55. The van der Waals surface area contributed by atoms with Crippen LogP contribution < -0.4 is 15.5 Å². The van der Waals surface area contributed by atoms with Crippen molar-refractivity contribution in [1.82, 2.24) is 10.6 Å². The minimum Gasteiger partial charge on any atom is -0.453 e. The normalized spacial score (nSPS) is 35.2. The number of rotatable bonds is 25. The number of hydrogen-bond acceptors (Lipinski definition) is 13. The molecule has 0 radical (unpaired) electrons. The number of hydrogen-bond donors (Lipinski definition) is 4. The number of aliphatic hydroxyl groups is 2. The van der Waals surface area contributed by atoms with Crippen molar-refractivity contribution in [2.45, 2.75) is 225 Å². The molecule has 15 nitrogen and oxygen atoms in total. The largest absolute Gasteiger partial charge is 0.453 e. The Morgan fingerprint density at radius 2 is 1.53 bits per heavy atom. The number of amides is 2. The average molecular weight is 1120 g/mol. The summed E-state index contributed by atoms with van der Waals surface area (Å²) in [5.41, 5.74) is 0.487. The zero-order valence-corrected chi connectivity index (χ0v) is 49.7. The molecular weight excluding hydrogens is 1030 g/mol. The van der Waals surface area contributed by atoms with Crippen LogP contribution in [0.4, 0.5) is 5.69 Å². The summed E-state index contributed by atoms with van der Waals surface area (Å²) in [5, 5.41) is 29.3. The molecule has 77 heavy (non-hydrogen) atoms. The van der Waals surface area contributed by atoms with Gasteiger partial charge in [-0.2, -0.15) is 0 Å². The van der Waals surface area contributed by atoms with Gasteiger partial charge in [0.1, 0.15) is 5.78 Å². The van der Waals surface area contributed by atoms with Crippen molar-refractivity contribution in [1.29, 1.82) is 0 Å². The summed E-state index contributed by atoms with van der Waals surface area (Å²) in [6.45, 7) is 23.2. The molecule has 2 spiro atoms. The number of halogens is 2. The predicted molar refractivity (Wildman–Crippen MR) is 300 cm³/mol. The summed E-state index contributed by atoms with van der Waals surface area (Å²) in [6, 6.07) is 8.28. The first-order valence-electron chi connectivity index (χ1n) is 29.2. The van der Waals surface area contributed by atoms with Crippen LogP contribution in [0.5, 0.6) is 0 Å². The fraction of sp³-hybridized carbons (Fsp3) is 0.800. The number of carbonyl (C=O) groups is 4. The zero-order valence-electron chi connectivity index (χ0n) is 48.2. The van der Waals surface area contributed by atoms with Gasteiger partial charge in [0.05, 0.1) is 53.7 Å². The van der Waals surface area contributed by atoms with Crippen molar-refractivity contribution in [3.63, 3.8) is 0 Å². The number of aryl methyl sites for hydroxylation is 1. The van der Waals surface area contributed by atoms with Gasteiger partial charge in [0.15, 0.2) is 11.9 Å². The molecule has 5 aliphatic heterocycles. The first kappa shape index (κ1) is 63.3. The monoisotopic (exact) mass is 1120 g/mol. The number of ether oxygens (including phenoxy) is 6. The van der Waals surface area contributed by atoms with E-state index in [9.17, 15) is 29.4 Å². The van der Waals surface area contributed by atoms with Crippen molar-refractivity contribution in [2.75, 3.05) is 42.8 Å². The number of ketones is 1. The summed E-state index contributed by atoms with van der Waals surface area (Å²) < 4.78 is 40.5. The van der Waals surface area contributed by atoms with Gasteiger partial charge in [-0.3, -0.25) is 19.2 Å². The number of alkyl halides is 2. The molecule has 2 amide bonds. The van der Waals surface area contributed by atoms with E-state index in [2.05, 4.69) is 60.6 Å². The molecule has 1 aromatic rings. The van der Waals surface area contributed by atoms with E-state index in [-0.39, 0.29) is 47.6 Å². The summed E-state index contributed by atoms with van der Waals surface area (Å²) in [7, 11) is 0. The highest BCUT2D eigenvalue weighted by molar-refractivity contribution is 6.18. The van der Waals surface area contributed by atoms with Crippen molar-refractivity contribution in [2.24, 2.45) is 41.4 Å². The van der Waals surface area contributed by atoms with Gasteiger partial charge in [0.2, 0.25) is 17.6 Å². The SMILES string of the molecule is CCC(C(=O)NCCNC(=O)CCCc1ccc(N(CCCl)CCCl)cc1)[C@H]1CC[C@H](C)[C@H]([C@@H](C)[C@H](O)[C@H](C)C(=O)[C@H](CC)[C@H]2O[C@]3(C=C[C@@H](OC(C)=O)[C@]4(CC[C@@](C)([C@H]5CC[C@](O)(CC)[C@H](C)O5)O4)O3)[C@H](C)C[C@@H]2C)O1. The van der Waals surface area contributed by atoms with Gasteiger partial charge in [-0.1, -0.05) is 67.5 Å². The van der Waals surface area contributed by atoms with Crippen LogP contribution in [0.15, 0.2) is 36.4 Å². The molecule has 0 bridgehead atoms. The lowest BCUT2D eigenvalue weighted by Crippen LogP contribution is -2.63. The van der Waals surface area contributed by atoms with Gasteiger partial charge < -0.3 is 54.2 Å². The maximum atomic E-state index is 14.9. The van der Waals surface area contributed by atoms with Crippen LogP contribution in [0.25, 0.3) is 0 Å². The van der Waals surface area contributed by atoms with E-state index in [0.717, 1.165) is 37.2 Å². The second kappa shape index (κ2) is 27.7. The number of aliphatic hydroxyl groups excluding tert-OH is 1. The first-order valence-corrected chi connectivity index (χ1v) is 30.3. The lowest BCUT2D eigenvalue weighted by Gasteiger charge is -2.54. The highest BCUT2D eigenvalue weighted by atomic mass is 35.5. The molecule has 4 N–H and O–H groups in total. The fourth-order valence-corrected chi connectivity index (χ4v) is 13.7. The lowest BCUT2D eigenvalue weighted by atomic mass is 9.72. The van der Waals surface area contributed by atoms with Crippen LogP contribution in [0.2, 0.25) is 0 Å². The molecule has 1 aromatic carbocycles. The van der Waals surface area contributed by atoms with E-state index in [0.29, 0.717) is 95.5 Å². The van der Waals surface area contributed by atoms with Gasteiger partial charge in [-0.25, -0.2) is 0 Å². The summed E-state index contributed by atoms with van der Waals surface area (Å²) in [4.78, 5) is 56.0. The molecule has 6 rings (SSSR count). The number of carbonyl (C=O) groups excluding carboxylic acids is 4. The Labute approximate surface area is 470 Å². The number of anilines is 1. The lowest BCUT2D eigenvalue weighted by molar-refractivity contribution is -0.409. The molecule has 1 unspecified atom stereocenters. The Balaban J connectivity index is 1.03. The van der Waals surface area contributed by atoms with E-state index in [1.807, 2.05) is 53.7 Å². The predicted octanol–water partition coefficient (Wildman–Crippen LogP) is 9.21. The summed E-state index contributed by atoms with van der Waals surface area (Å²) in [5.74, 6) is -4.74. The van der Waals surface area contributed by atoms with Crippen molar-refractivity contribution in [3.8, 4) is 0 Å². The standard InChI is InChI=1S/C60H95Cl2N3O12/c1-12-46(56(70)64-33-32-63-51(67)17-15-16-44-19-21-45(22-20-44)65(34-30-61)35-31-62)48-23-18-37(4)54(74-48)41(8)52(68)40(7)53(69)47(13-2)55-38(5)36-39(6)59(75-55)27-25-50(73-43(10)66)60(77-59)29-28-57(11,76-60)49-24-26-58(71,14-3)42(9)72-49/h19-22,25,27,37-42,46-50,52,54-55,68,71H,12-18,23-24,26,28-36H2,1-11H3,(H,63,67)(H,64,70)/t37-,38-,39+,40-,41-,42-,46?,47-,48+,49+,50+,52+,54+,55-,57-,58+,59-,60-/m0/s1. The Morgan fingerprint density at radius 3 is 2.16 bits per heavy atom. The molecule has 17 heteroatoms. The molecule has 4 saturated heterocycles. The molecule has 0 aliphatic carbocycles. The van der Waals surface area contributed by atoms with Crippen molar-refractivity contribution >= 4 is 52.5 Å². The van der Waals surface area contributed by atoms with E-state index < -0.39 is 82.9 Å². The minimum atomic E-state index is -1.40. The Kier molecular flexibility index (Phi) is 22.8. The van der Waals surface area contributed by atoms with Gasteiger partial charge in [-0.15, -0.1) is 23.2 Å². The topological polar surface area (TPSA) is 191 Å². The summed E-state index contributed by atoms with van der Waals surface area (Å²) in [6.07, 6.45) is 7.41. The molecule has 18 atom stereocenters. The van der Waals surface area contributed by atoms with Crippen LogP contribution in [-0.4, -0.2) is 137 Å². The van der Waals surface area contributed by atoms with Gasteiger partial charge in [0, 0.05) is 87.1 Å². The van der Waals surface area contributed by atoms with E-state index in [1.54, 1.807) is 6.92 Å². The number of benzene rings is 1. The van der Waals surface area contributed by atoms with Crippen LogP contribution in [-0.2, 0) is 54.0 Å². The van der Waals surface area contributed by atoms with Crippen LogP contribution >= 0.6 is 23.2 Å². The smallest absolute Gasteiger partial charge is 0.303 e. The highest BCUT2D eigenvalue weighted by Gasteiger charge is 2.64. The number of nitrogens with one attached hydrogen (secondary N) is 2. The molecule has 4 fully saturated rings. The van der Waals surface area contributed by atoms with E-state index >= 15 is 0 Å². The Morgan fingerprint density at radius 1 is 0.857 bits per heavy atom. The zero-order chi connectivity index (χ0) is 56.5. The van der Waals surface area contributed by atoms with Gasteiger partial charge in [0.25, 0.3) is 0 Å². The van der Waals surface area contributed by atoms with Crippen LogP contribution in [0.1, 0.15) is 159 Å². The third-order valence-electron chi connectivity index (χ3n) is 18.4. The summed E-state index contributed by atoms with van der Waals surface area (Å²) >= 11 is 11.9. The maximum Gasteiger partial charge on any atom is 0.303 e. The van der Waals surface area contributed by atoms with Gasteiger partial charge in [-0.05, 0) is 126 Å². The molecule has 0 saturated carbocycles. The molecule has 5 heterocycles. The third-order valence-corrected chi connectivity index (χ3v) is 18.7. The number of esters is 1. The van der Waals surface area contributed by atoms with E-state index in [1.165, 1.54) is 6.92 Å². The van der Waals surface area contributed by atoms with E-state index in [4.69, 9.17) is 51.6 Å². The van der Waals surface area contributed by atoms with Crippen molar-refractivity contribution in [3.05, 3.63) is 42.0 Å². The molecule has 5 aliphatic rings. The second-order valence-electron chi connectivity index (χ2n) is 23.7. The van der Waals surface area contributed by atoms with Crippen LogP contribution in [0.3, 0.4) is 0 Å². The quantitative estimate of drug-likeness (QED) is 0.0314. The Bertz CT molecular complexity index is 2130. The third kappa shape index (κ3) is 14.8. The number of nitrogens with zero attached hydrogens (tertiary/aromatic N) is 1. The Hall–Kier alpha value is -2.86. The molecule has 0 aromatic heterocycles. The van der Waals surface area contributed by atoms with Crippen LogP contribution in [0, 0.1) is 41.4 Å². The first-order chi connectivity index (χ1) is 36.5. The van der Waals surface area contributed by atoms with Gasteiger partial charge >= 0.3 is 5.97 Å². The molecule has 436 valence electrons. The average Bonchev–Trinajstić information content (AvgIpc) is 3.75. The van der Waals surface area contributed by atoms with Crippen molar-refractivity contribution < 1.29 is 57.8 Å². The number of Topliss-reactive ketones (excluding diaryl/α,β-unsaturated/α-hetero) is 1. The second-order valence-corrected chi connectivity index (χ2v) is 24.4. The minimum absolute atomic E-state index is 0.0359. The molecular formula is C60H95Cl2N3O12. The maximum absolute atomic E-state index is 14.9.